The molecule has 1 heterocycles. The van der Waals surface area contributed by atoms with Gasteiger partial charge in [-0.1, -0.05) is 0 Å². The van der Waals surface area contributed by atoms with Crippen molar-refractivity contribution in [1.82, 2.24) is 5.32 Å². The summed E-state index contributed by atoms with van der Waals surface area (Å²) in [7, 11) is 1.45. The van der Waals surface area contributed by atoms with E-state index in [0.717, 1.165) is 5.75 Å². The maximum Gasteiger partial charge on any atom is 0.416 e. The molecule has 1 N–H and O–H groups in total. The van der Waals surface area contributed by atoms with E-state index in [1.807, 2.05) is 0 Å². The van der Waals surface area contributed by atoms with Gasteiger partial charge in [-0.25, -0.2) is 0 Å². The van der Waals surface area contributed by atoms with Crippen molar-refractivity contribution in [3.8, 4) is 0 Å². The van der Waals surface area contributed by atoms with Crippen LogP contribution in [0.3, 0.4) is 0 Å². The van der Waals surface area contributed by atoms with Crippen molar-refractivity contribution in [2.24, 2.45) is 0 Å². The van der Waals surface area contributed by atoms with Crippen molar-refractivity contribution >= 4 is 17.7 Å². The van der Waals surface area contributed by atoms with Gasteiger partial charge in [-0.2, -0.15) is 38.1 Å². The average Bonchev–Trinajstić information content (AvgIpc) is 3.00. The van der Waals surface area contributed by atoms with Crippen LogP contribution in [0.4, 0.5) is 26.3 Å². The second kappa shape index (κ2) is 7.06. The number of methoxy groups -OCH3 is 1. The zero-order valence-electron chi connectivity index (χ0n) is 13.1. The third-order valence-corrected chi connectivity index (χ3v) is 5.14. The van der Waals surface area contributed by atoms with Gasteiger partial charge in [-0.3, -0.25) is 4.79 Å². The van der Waals surface area contributed by atoms with Crippen LogP contribution in [0.5, 0.6) is 0 Å². The minimum Gasteiger partial charge on any atom is -0.376 e. The summed E-state index contributed by atoms with van der Waals surface area (Å²) in [5.41, 5.74) is -4.40. The lowest BCUT2D eigenvalue weighted by Gasteiger charge is -2.26. The number of amides is 1. The molecule has 1 aromatic rings. The van der Waals surface area contributed by atoms with Gasteiger partial charge in [-0.15, -0.1) is 0 Å². The Morgan fingerprint density at radius 2 is 1.72 bits per heavy atom. The highest BCUT2D eigenvalue weighted by Crippen LogP contribution is 2.36. The Kier molecular flexibility index (Phi) is 5.62. The molecular weight excluding hydrogens is 372 g/mol. The third-order valence-electron chi connectivity index (χ3n) is 3.92. The highest BCUT2D eigenvalue weighted by molar-refractivity contribution is 7.99. The van der Waals surface area contributed by atoms with Crippen LogP contribution in [-0.4, -0.2) is 36.7 Å². The summed E-state index contributed by atoms with van der Waals surface area (Å²) in [5.74, 6) is 0.371. The third kappa shape index (κ3) is 4.81. The van der Waals surface area contributed by atoms with E-state index < -0.39 is 40.6 Å². The molecule has 0 aromatic heterocycles. The van der Waals surface area contributed by atoms with Crippen LogP contribution < -0.4 is 5.32 Å². The number of ether oxygens (including phenoxy) is 1. The van der Waals surface area contributed by atoms with Crippen molar-refractivity contribution in [3.05, 3.63) is 34.9 Å². The van der Waals surface area contributed by atoms with Gasteiger partial charge in [0.1, 0.15) is 0 Å². The van der Waals surface area contributed by atoms with E-state index in [0.29, 0.717) is 24.3 Å². The number of carbonyl (C=O) groups excluding carboxylic acids is 1. The molecule has 1 atom stereocenters. The van der Waals surface area contributed by atoms with Gasteiger partial charge < -0.3 is 10.1 Å². The van der Waals surface area contributed by atoms with E-state index in [2.05, 4.69) is 5.32 Å². The summed E-state index contributed by atoms with van der Waals surface area (Å²) in [6.45, 7) is 0.00688. The summed E-state index contributed by atoms with van der Waals surface area (Å²) in [5, 5.41) is 2.38. The number of nitrogens with one attached hydrogen (secondary N) is 1. The summed E-state index contributed by atoms with van der Waals surface area (Å²) in [6, 6.07) is 0.807. The van der Waals surface area contributed by atoms with Crippen molar-refractivity contribution < 1.29 is 35.9 Å². The van der Waals surface area contributed by atoms with E-state index in [9.17, 15) is 31.1 Å². The van der Waals surface area contributed by atoms with Gasteiger partial charge in [0.05, 0.1) is 16.7 Å². The molecule has 1 aliphatic heterocycles. The monoisotopic (exact) mass is 387 g/mol. The van der Waals surface area contributed by atoms with E-state index in [4.69, 9.17) is 4.74 Å². The van der Waals surface area contributed by atoms with Gasteiger partial charge in [0.25, 0.3) is 5.91 Å². The van der Waals surface area contributed by atoms with Crippen LogP contribution in [-0.2, 0) is 17.1 Å². The van der Waals surface area contributed by atoms with Gasteiger partial charge in [0.2, 0.25) is 0 Å². The van der Waals surface area contributed by atoms with Crippen LogP contribution >= 0.6 is 11.8 Å². The molecule has 0 radical (unpaired) electrons. The number of thioether (sulfide) groups is 1. The molecule has 1 saturated heterocycles. The number of hydrogen-bond acceptors (Lipinski definition) is 3. The number of hydrogen-bond donors (Lipinski definition) is 1. The number of alkyl halides is 6. The lowest BCUT2D eigenvalue weighted by atomic mass is 10.0. The molecule has 0 saturated carbocycles. The van der Waals surface area contributed by atoms with Gasteiger partial charge in [0, 0.05) is 25.0 Å². The highest BCUT2D eigenvalue weighted by atomic mass is 32.2. The predicted octanol–water partition coefficient (Wildman–Crippen LogP) is 3.98. The molecule has 1 fully saturated rings. The Labute approximate surface area is 144 Å². The van der Waals surface area contributed by atoms with Crippen molar-refractivity contribution in [1.29, 1.82) is 0 Å². The molecule has 1 aliphatic rings. The standard InChI is InChI=1S/C15H15F6NO2S/c1-24-13(2-3-25-8-13)7-22-12(23)9-4-10(14(16,17)18)6-11(5-9)15(19,20)21/h4-6H,2-3,7-8H2,1H3,(H,22,23). The smallest absolute Gasteiger partial charge is 0.376 e. The first kappa shape index (κ1) is 19.9. The van der Waals surface area contributed by atoms with Crippen molar-refractivity contribution in [2.75, 3.05) is 25.2 Å². The molecule has 0 spiro atoms. The molecule has 1 amide bonds. The summed E-state index contributed by atoms with van der Waals surface area (Å²) < 4.78 is 82.3. The lowest BCUT2D eigenvalue weighted by molar-refractivity contribution is -0.143. The summed E-state index contributed by atoms with van der Waals surface area (Å²) in [4.78, 5) is 12.1. The zero-order valence-corrected chi connectivity index (χ0v) is 13.9. The molecule has 3 nitrogen and oxygen atoms in total. The minimum absolute atomic E-state index is 0.00688. The first-order valence-corrected chi connectivity index (χ1v) is 8.33. The van der Waals surface area contributed by atoms with E-state index >= 15 is 0 Å². The van der Waals surface area contributed by atoms with E-state index in [1.54, 1.807) is 11.8 Å². The number of carbonyl (C=O) groups is 1. The Balaban J connectivity index is 2.26. The van der Waals surface area contributed by atoms with Crippen LogP contribution in [0.25, 0.3) is 0 Å². The van der Waals surface area contributed by atoms with Crippen LogP contribution in [0, 0.1) is 0 Å². The van der Waals surface area contributed by atoms with Crippen molar-refractivity contribution in [3.63, 3.8) is 0 Å². The minimum atomic E-state index is -4.99. The zero-order chi connectivity index (χ0) is 18.9. The summed E-state index contributed by atoms with van der Waals surface area (Å²) in [6.07, 6.45) is -9.36. The SMILES string of the molecule is COC1(CNC(=O)c2cc(C(F)(F)F)cc(C(F)(F)F)c2)CCSC1. The van der Waals surface area contributed by atoms with E-state index in [-0.39, 0.29) is 12.6 Å². The fraction of sp³-hybridized carbons (Fsp3) is 0.533. The van der Waals surface area contributed by atoms with Crippen molar-refractivity contribution in [2.45, 2.75) is 24.4 Å². The summed E-state index contributed by atoms with van der Waals surface area (Å²) >= 11 is 1.59. The molecule has 1 unspecified atom stereocenters. The first-order chi connectivity index (χ1) is 11.5. The molecule has 140 valence electrons. The van der Waals surface area contributed by atoms with Gasteiger partial charge >= 0.3 is 12.4 Å². The maximum absolute atomic E-state index is 12.8. The molecule has 0 bridgehead atoms. The second-order valence-corrected chi connectivity index (χ2v) is 6.77. The van der Waals surface area contributed by atoms with E-state index in [1.165, 1.54) is 7.11 Å². The molecule has 1 aromatic carbocycles. The average molecular weight is 387 g/mol. The fourth-order valence-electron chi connectivity index (χ4n) is 2.39. The Hall–Kier alpha value is -1.42. The molecule has 10 heteroatoms. The Bertz CT molecular complexity index is 606. The molecular formula is C15H15F6NO2S. The number of benzene rings is 1. The predicted molar refractivity (Wildman–Crippen MR) is 80.5 cm³/mol. The largest absolute Gasteiger partial charge is 0.416 e. The molecule has 2 rings (SSSR count). The quantitative estimate of drug-likeness (QED) is 0.795. The molecule has 0 aliphatic carbocycles. The first-order valence-electron chi connectivity index (χ1n) is 7.17. The topological polar surface area (TPSA) is 38.3 Å². The Morgan fingerprint density at radius 1 is 1.16 bits per heavy atom. The number of rotatable bonds is 4. The normalized spacial score (nSPS) is 21.4. The lowest BCUT2D eigenvalue weighted by Crippen LogP contribution is -2.44. The van der Waals surface area contributed by atoms with Gasteiger partial charge in [-0.05, 0) is 30.4 Å². The number of halogens is 6. The fourth-order valence-corrected chi connectivity index (χ4v) is 3.79. The highest BCUT2D eigenvalue weighted by Gasteiger charge is 2.38. The van der Waals surface area contributed by atoms with Crippen LogP contribution in [0.2, 0.25) is 0 Å². The van der Waals surface area contributed by atoms with Crippen LogP contribution in [0.15, 0.2) is 18.2 Å². The molecule has 25 heavy (non-hydrogen) atoms. The maximum atomic E-state index is 12.8. The second-order valence-electron chi connectivity index (χ2n) is 5.67. The van der Waals surface area contributed by atoms with Crippen LogP contribution in [0.1, 0.15) is 27.9 Å². The Morgan fingerprint density at radius 3 is 2.12 bits per heavy atom. The van der Waals surface area contributed by atoms with Gasteiger partial charge in [0.15, 0.2) is 0 Å².